The van der Waals surface area contributed by atoms with E-state index in [0.717, 1.165) is 50.6 Å². The Bertz CT molecular complexity index is 722. The lowest BCUT2D eigenvalue weighted by molar-refractivity contribution is -0.139. The van der Waals surface area contributed by atoms with Gasteiger partial charge in [-0.1, -0.05) is 25.0 Å². The summed E-state index contributed by atoms with van der Waals surface area (Å²) in [5.41, 5.74) is 0.470. The Labute approximate surface area is 146 Å². The normalized spacial score (nSPS) is 22.9. The van der Waals surface area contributed by atoms with Crippen LogP contribution in [0.15, 0.2) is 36.9 Å². The van der Waals surface area contributed by atoms with Gasteiger partial charge in [-0.3, -0.25) is 4.79 Å². The number of halogens is 1. The van der Waals surface area contributed by atoms with E-state index in [4.69, 9.17) is 0 Å². The van der Waals surface area contributed by atoms with Gasteiger partial charge in [-0.2, -0.15) is 5.10 Å². The van der Waals surface area contributed by atoms with Crippen LogP contribution >= 0.6 is 0 Å². The summed E-state index contributed by atoms with van der Waals surface area (Å²) < 4.78 is 15.2. The molecule has 2 aliphatic rings. The van der Waals surface area contributed by atoms with Crippen LogP contribution in [0.5, 0.6) is 0 Å². The van der Waals surface area contributed by atoms with E-state index in [0.29, 0.717) is 6.54 Å². The summed E-state index contributed by atoms with van der Waals surface area (Å²) in [5.74, 6) is -0.0602. The average molecular weight is 342 g/mol. The fraction of sp³-hybridized carbons (Fsp3) is 0.526. The summed E-state index contributed by atoms with van der Waals surface area (Å²) >= 11 is 0. The zero-order valence-electron chi connectivity index (χ0n) is 14.3. The van der Waals surface area contributed by atoms with Crippen molar-refractivity contribution in [3.8, 4) is 0 Å². The van der Waals surface area contributed by atoms with Gasteiger partial charge < -0.3 is 4.90 Å². The molecule has 1 atom stereocenters. The molecular weight excluding hydrogens is 319 g/mol. The molecule has 2 fully saturated rings. The third-order valence-electron chi connectivity index (χ3n) is 5.76. The van der Waals surface area contributed by atoms with Gasteiger partial charge in [0.2, 0.25) is 5.91 Å². The Morgan fingerprint density at radius 2 is 1.92 bits per heavy atom. The molecule has 1 aromatic carbocycles. The molecule has 1 aromatic heterocycles. The van der Waals surface area contributed by atoms with Gasteiger partial charge in [-0.15, -0.1) is 0 Å². The Morgan fingerprint density at radius 1 is 1.16 bits per heavy atom. The molecule has 0 spiro atoms. The number of amides is 1. The number of carbonyl (C=O) groups excluding carboxylic acids is 1. The lowest BCUT2D eigenvalue weighted by Crippen LogP contribution is -2.49. The lowest BCUT2D eigenvalue weighted by atomic mass is 9.77. The summed E-state index contributed by atoms with van der Waals surface area (Å²) in [6.45, 7) is 1.46. The molecule has 1 aliphatic carbocycles. The number of carbonyl (C=O) groups is 1. The van der Waals surface area contributed by atoms with E-state index in [1.54, 1.807) is 18.5 Å². The van der Waals surface area contributed by atoms with E-state index in [1.165, 1.54) is 18.5 Å². The van der Waals surface area contributed by atoms with Crippen LogP contribution < -0.4 is 0 Å². The van der Waals surface area contributed by atoms with Crippen LogP contribution in [0.4, 0.5) is 4.39 Å². The number of hydrogen-bond acceptors (Lipinski definition) is 3. The highest BCUT2D eigenvalue weighted by Gasteiger charge is 2.45. The number of benzene rings is 1. The monoisotopic (exact) mass is 342 g/mol. The van der Waals surface area contributed by atoms with Crippen LogP contribution in [0.25, 0.3) is 0 Å². The second kappa shape index (κ2) is 6.58. The first-order valence-corrected chi connectivity index (χ1v) is 9.09. The molecule has 1 saturated heterocycles. The first-order chi connectivity index (χ1) is 12.2. The third-order valence-corrected chi connectivity index (χ3v) is 5.76. The highest BCUT2D eigenvalue weighted by Crippen LogP contribution is 2.43. The van der Waals surface area contributed by atoms with Crippen molar-refractivity contribution in [3.05, 3.63) is 48.3 Å². The van der Waals surface area contributed by atoms with Crippen molar-refractivity contribution in [2.75, 3.05) is 13.1 Å². The molecule has 0 radical (unpaired) electrons. The zero-order valence-corrected chi connectivity index (χ0v) is 14.3. The van der Waals surface area contributed by atoms with E-state index < -0.39 is 5.41 Å². The molecule has 1 aliphatic heterocycles. The number of piperidine rings is 1. The molecule has 1 amide bonds. The van der Waals surface area contributed by atoms with E-state index in [1.807, 2.05) is 9.58 Å². The zero-order chi connectivity index (χ0) is 17.3. The second-order valence-electron chi connectivity index (χ2n) is 7.22. The summed E-state index contributed by atoms with van der Waals surface area (Å²) in [5, 5.41) is 4.24. The standard InChI is InChI=1S/C19H23FN4O/c20-16-7-5-15(6-8-16)19(9-1-2-10-19)18(25)23-11-3-4-17(12-23)24-14-21-13-22-24/h5-8,13-14,17H,1-4,9-12H2/t17-/m1/s1. The summed E-state index contributed by atoms with van der Waals surface area (Å²) in [7, 11) is 0. The second-order valence-corrected chi connectivity index (χ2v) is 7.22. The van der Waals surface area contributed by atoms with Crippen molar-refractivity contribution in [3.63, 3.8) is 0 Å². The molecule has 1 saturated carbocycles. The first kappa shape index (κ1) is 16.2. The summed E-state index contributed by atoms with van der Waals surface area (Å²) in [6, 6.07) is 6.70. The molecule has 4 rings (SSSR count). The first-order valence-electron chi connectivity index (χ1n) is 9.09. The van der Waals surface area contributed by atoms with Crippen molar-refractivity contribution < 1.29 is 9.18 Å². The molecule has 6 heteroatoms. The van der Waals surface area contributed by atoms with Gasteiger partial charge in [0.15, 0.2) is 0 Å². The van der Waals surface area contributed by atoms with Crippen molar-refractivity contribution >= 4 is 5.91 Å². The van der Waals surface area contributed by atoms with Crippen molar-refractivity contribution in [2.45, 2.75) is 50.0 Å². The maximum Gasteiger partial charge on any atom is 0.233 e. The molecule has 25 heavy (non-hydrogen) atoms. The van der Waals surface area contributed by atoms with E-state index >= 15 is 0 Å². The molecule has 2 heterocycles. The summed E-state index contributed by atoms with van der Waals surface area (Å²) in [4.78, 5) is 19.5. The van der Waals surface area contributed by atoms with Crippen LogP contribution in [0.2, 0.25) is 0 Å². The van der Waals surface area contributed by atoms with E-state index in [9.17, 15) is 9.18 Å². The minimum Gasteiger partial charge on any atom is -0.340 e. The molecule has 0 N–H and O–H groups in total. The number of rotatable bonds is 3. The smallest absolute Gasteiger partial charge is 0.233 e. The Morgan fingerprint density at radius 3 is 2.60 bits per heavy atom. The van der Waals surface area contributed by atoms with E-state index in [-0.39, 0.29) is 17.8 Å². The largest absolute Gasteiger partial charge is 0.340 e. The van der Waals surface area contributed by atoms with Gasteiger partial charge in [0.1, 0.15) is 18.5 Å². The molecular formula is C19H23FN4O. The molecule has 0 bridgehead atoms. The number of likely N-dealkylation sites (tertiary alicyclic amines) is 1. The minimum atomic E-state index is -0.488. The van der Waals surface area contributed by atoms with Gasteiger partial charge in [-0.05, 0) is 43.4 Å². The summed E-state index contributed by atoms with van der Waals surface area (Å²) in [6.07, 6.45) is 9.03. The van der Waals surface area contributed by atoms with Crippen LogP contribution in [0.1, 0.15) is 50.1 Å². The predicted molar refractivity (Wildman–Crippen MR) is 91.4 cm³/mol. The van der Waals surface area contributed by atoms with Crippen molar-refractivity contribution in [1.82, 2.24) is 19.7 Å². The van der Waals surface area contributed by atoms with Crippen molar-refractivity contribution in [1.29, 1.82) is 0 Å². The van der Waals surface area contributed by atoms with Gasteiger partial charge in [0, 0.05) is 13.1 Å². The quantitative estimate of drug-likeness (QED) is 0.861. The fourth-order valence-corrected chi connectivity index (χ4v) is 4.44. The molecule has 5 nitrogen and oxygen atoms in total. The number of aromatic nitrogens is 3. The fourth-order valence-electron chi connectivity index (χ4n) is 4.44. The minimum absolute atomic E-state index is 0.187. The number of nitrogens with zero attached hydrogens (tertiary/aromatic N) is 4. The van der Waals surface area contributed by atoms with Crippen LogP contribution in [-0.4, -0.2) is 38.7 Å². The van der Waals surface area contributed by atoms with Crippen molar-refractivity contribution in [2.24, 2.45) is 0 Å². The topological polar surface area (TPSA) is 51.0 Å². The highest BCUT2D eigenvalue weighted by atomic mass is 19.1. The van der Waals surface area contributed by atoms with E-state index in [2.05, 4.69) is 10.1 Å². The molecule has 132 valence electrons. The Kier molecular flexibility index (Phi) is 4.27. The van der Waals surface area contributed by atoms with Gasteiger partial charge in [0.25, 0.3) is 0 Å². The highest BCUT2D eigenvalue weighted by molar-refractivity contribution is 5.88. The van der Waals surface area contributed by atoms with Crippen LogP contribution in [0, 0.1) is 5.82 Å². The van der Waals surface area contributed by atoms with Gasteiger partial charge in [0.05, 0.1) is 11.5 Å². The third kappa shape index (κ3) is 2.94. The predicted octanol–water partition coefficient (Wildman–Crippen LogP) is 3.09. The Balaban J connectivity index is 1.59. The maximum absolute atomic E-state index is 13.5. The van der Waals surface area contributed by atoms with Crippen LogP contribution in [0.3, 0.4) is 0 Å². The Hall–Kier alpha value is -2.24. The lowest BCUT2D eigenvalue weighted by Gasteiger charge is -2.39. The van der Waals surface area contributed by atoms with Gasteiger partial charge >= 0.3 is 0 Å². The number of hydrogen-bond donors (Lipinski definition) is 0. The SMILES string of the molecule is O=C(N1CCC[C@@H](n2cncn2)C1)C1(c2ccc(F)cc2)CCCC1. The maximum atomic E-state index is 13.5. The average Bonchev–Trinajstić information content (AvgIpc) is 3.34. The van der Waals surface area contributed by atoms with Crippen LogP contribution in [-0.2, 0) is 10.2 Å². The molecule has 2 aromatic rings. The van der Waals surface area contributed by atoms with Gasteiger partial charge in [-0.25, -0.2) is 14.1 Å². The molecule has 0 unspecified atom stereocenters.